The molecule has 1 aromatic rings. The van der Waals surface area contributed by atoms with E-state index in [1.54, 1.807) is 12.1 Å². The average Bonchev–Trinajstić information content (AvgIpc) is 2.34. The largest absolute Gasteiger partial charge is 0.359 e. The SMILES string of the molecule is COC12C=NOc3cccc(c31)C=CC2=O. The zero-order valence-corrected chi connectivity index (χ0v) is 8.64. The molecule has 16 heavy (non-hydrogen) atoms. The van der Waals surface area contributed by atoms with E-state index in [4.69, 9.17) is 9.57 Å². The minimum absolute atomic E-state index is 0.137. The highest BCUT2D eigenvalue weighted by atomic mass is 16.6. The van der Waals surface area contributed by atoms with Gasteiger partial charge in [0.2, 0.25) is 0 Å². The van der Waals surface area contributed by atoms with E-state index in [0.29, 0.717) is 5.75 Å². The number of oxime groups is 1. The Bertz CT molecular complexity index is 533. The molecule has 1 heterocycles. The molecule has 4 nitrogen and oxygen atoms in total. The van der Waals surface area contributed by atoms with Crippen molar-refractivity contribution in [2.75, 3.05) is 7.11 Å². The maximum Gasteiger partial charge on any atom is 0.197 e. The maximum absolute atomic E-state index is 12.0. The number of rotatable bonds is 1. The number of benzene rings is 1. The first-order valence-electron chi connectivity index (χ1n) is 4.90. The van der Waals surface area contributed by atoms with Crippen molar-refractivity contribution in [3.8, 4) is 5.75 Å². The third-order valence-electron chi connectivity index (χ3n) is 2.92. The fourth-order valence-electron chi connectivity index (χ4n) is 2.11. The first kappa shape index (κ1) is 9.30. The quantitative estimate of drug-likeness (QED) is 0.713. The van der Waals surface area contributed by atoms with Gasteiger partial charge in [-0.2, -0.15) is 0 Å². The van der Waals surface area contributed by atoms with E-state index in [1.807, 2.05) is 12.1 Å². The Morgan fingerprint density at radius 2 is 2.25 bits per heavy atom. The normalized spacial score (nSPS) is 25.2. The van der Waals surface area contributed by atoms with E-state index in [0.717, 1.165) is 11.1 Å². The van der Waals surface area contributed by atoms with Gasteiger partial charge in [0, 0.05) is 12.7 Å². The molecule has 1 aromatic carbocycles. The number of hydrogen-bond acceptors (Lipinski definition) is 4. The summed E-state index contributed by atoms with van der Waals surface area (Å²) in [6, 6.07) is 5.54. The van der Waals surface area contributed by atoms with E-state index in [9.17, 15) is 4.79 Å². The molecule has 80 valence electrons. The molecule has 1 atom stereocenters. The molecule has 1 aliphatic heterocycles. The first-order valence-corrected chi connectivity index (χ1v) is 4.90. The molecule has 1 unspecified atom stereocenters. The Kier molecular flexibility index (Phi) is 1.76. The minimum Gasteiger partial charge on any atom is -0.359 e. The molecule has 1 aliphatic carbocycles. The average molecular weight is 215 g/mol. The zero-order valence-electron chi connectivity index (χ0n) is 8.64. The molecule has 0 spiro atoms. The molecule has 4 heteroatoms. The molecule has 0 radical (unpaired) electrons. The highest BCUT2D eigenvalue weighted by molar-refractivity contribution is 6.14. The van der Waals surface area contributed by atoms with Crippen LogP contribution in [0, 0.1) is 0 Å². The van der Waals surface area contributed by atoms with Crippen LogP contribution >= 0.6 is 0 Å². The number of ether oxygens (including phenoxy) is 1. The molecule has 2 aliphatic rings. The van der Waals surface area contributed by atoms with Gasteiger partial charge in [-0.05, 0) is 17.7 Å². The van der Waals surface area contributed by atoms with Crippen LogP contribution in [0.2, 0.25) is 0 Å². The molecule has 0 N–H and O–H groups in total. The van der Waals surface area contributed by atoms with Gasteiger partial charge in [-0.15, -0.1) is 0 Å². The van der Waals surface area contributed by atoms with E-state index >= 15 is 0 Å². The number of methoxy groups -OCH3 is 1. The van der Waals surface area contributed by atoms with Gasteiger partial charge in [-0.1, -0.05) is 23.4 Å². The summed E-state index contributed by atoms with van der Waals surface area (Å²) in [6.45, 7) is 0. The predicted octanol–water partition coefficient (Wildman–Crippen LogP) is 1.50. The van der Waals surface area contributed by atoms with E-state index in [-0.39, 0.29) is 5.78 Å². The second kappa shape index (κ2) is 3.02. The van der Waals surface area contributed by atoms with E-state index < -0.39 is 5.60 Å². The summed E-state index contributed by atoms with van der Waals surface area (Å²) in [5.74, 6) is 0.432. The van der Waals surface area contributed by atoms with Crippen LogP contribution in [0.1, 0.15) is 11.1 Å². The molecule has 0 fully saturated rings. The molecule has 0 bridgehead atoms. The topological polar surface area (TPSA) is 47.9 Å². The van der Waals surface area contributed by atoms with E-state index in [1.165, 1.54) is 19.4 Å². The summed E-state index contributed by atoms with van der Waals surface area (Å²) in [6.07, 6.45) is 4.68. The second-order valence-corrected chi connectivity index (χ2v) is 3.68. The minimum atomic E-state index is -1.11. The van der Waals surface area contributed by atoms with Crippen molar-refractivity contribution in [2.45, 2.75) is 5.60 Å². The van der Waals surface area contributed by atoms with Crippen molar-refractivity contribution in [1.82, 2.24) is 0 Å². The lowest BCUT2D eigenvalue weighted by molar-refractivity contribution is -0.129. The summed E-state index contributed by atoms with van der Waals surface area (Å²) in [4.78, 5) is 17.1. The maximum atomic E-state index is 12.0. The molecular formula is C12H9NO3. The third kappa shape index (κ3) is 0.967. The summed E-state index contributed by atoms with van der Waals surface area (Å²) >= 11 is 0. The van der Waals surface area contributed by atoms with Gasteiger partial charge in [0.15, 0.2) is 17.1 Å². The van der Waals surface area contributed by atoms with Crippen LogP contribution in [0.4, 0.5) is 0 Å². The number of carbonyl (C=O) groups is 1. The van der Waals surface area contributed by atoms with Crippen LogP contribution < -0.4 is 4.84 Å². The predicted molar refractivity (Wildman–Crippen MR) is 58.3 cm³/mol. The van der Waals surface area contributed by atoms with Gasteiger partial charge in [-0.3, -0.25) is 4.79 Å². The molecule has 0 amide bonds. The number of hydrogen-bond donors (Lipinski definition) is 0. The smallest absolute Gasteiger partial charge is 0.197 e. The van der Waals surface area contributed by atoms with Crippen LogP contribution in [0.5, 0.6) is 5.75 Å². The second-order valence-electron chi connectivity index (χ2n) is 3.68. The van der Waals surface area contributed by atoms with Crippen LogP contribution in [-0.4, -0.2) is 19.1 Å². The highest BCUT2D eigenvalue weighted by Gasteiger charge is 2.45. The van der Waals surface area contributed by atoms with Crippen LogP contribution in [0.15, 0.2) is 29.4 Å². The van der Waals surface area contributed by atoms with Crippen LogP contribution in [0.3, 0.4) is 0 Å². The van der Waals surface area contributed by atoms with Crippen molar-refractivity contribution >= 4 is 18.1 Å². The molecular weight excluding hydrogens is 206 g/mol. The summed E-state index contributed by atoms with van der Waals surface area (Å²) in [7, 11) is 1.50. The Morgan fingerprint density at radius 3 is 3.06 bits per heavy atom. The monoisotopic (exact) mass is 215 g/mol. The third-order valence-corrected chi connectivity index (χ3v) is 2.92. The fourth-order valence-corrected chi connectivity index (χ4v) is 2.11. The van der Waals surface area contributed by atoms with Gasteiger partial charge in [0.25, 0.3) is 0 Å². The van der Waals surface area contributed by atoms with Crippen LogP contribution in [0.25, 0.3) is 6.08 Å². The molecule has 3 rings (SSSR count). The number of nitrogens with zero attached hydrogens (tertiary/aromatic N) is 1. The van der Waals surface area contributed by atoms with Gasteiger partial charge in [0.1, 0.15) is 0 Å². The Morgan fingerprint density at radius 1 is 1.38 bits per heavy atom. The van der Waals surface area contributed by atoms with Gasteiger partial charge < -0.3 is 9.57 Å². The highest BCUT2D eigenvalue weighted by Crippen LogP contribution is 2.41. The number of carbonyl (C=O) groups excluding carboxylic acids is 1. The lowest BCUT2D eigenvalue weighted by atomic mass is 9.81. The van der Waals surface area contributed by atoms with Gasteiger partial charge in [0.05, 0.1) is 6.21 Å². The number of ketones is 1. The summed E-state index contributed by atoms with van der Waals surface area (Å²) in [5.41, 5.74) is 0.545. The lowest BCUT2D eigenvalue weighted by Crippen LogP contribution is -2.42. The molecule has 0 saturated heterocycles. The molecule has 0 saturated carbocycles. The Balaban J connectivity index is 2.37. The van der Waals surface area contributed by atoms with E-state index in [2.05, 4.69) is 5.16 Å². The van der Waals surface area contributed by atoms with Crippen molar-refractivity contribution in [2.24, 2.45) is 5.16 Å². The Hall–Kier alpha value is -1.94. The zero-order chi connectivity index (χ0) is 11.2. The van der Waals surface area contributed by atoms with Gasteiger partial charge >= 0.3 is 0 Å². The van der Waals surface area contributed by atoms with Crippen molar-refractivity contribution in [1.29, 1.82) is 0 Å². The van der Waals surface area contributed by atoms with Crippen molar-refractivity contribution in [3.63, 3.8) is 0 Å². The standard InChI is InChI=1S/C12H9NO3/c1-15-12-7-13-16-9-4-2-3-8(11(9)12)5-6-10(12)14/h2-7H,1H3. The summed E-state index contributed by atoms with van der Waals surface area (Å²) < 4.78 is 5.37. The van der Waals surface area contributed by atoms with Gasteiger partial charge in [-0.25, -0.2) is 0 Å². The fraction of sp³-hybridized carbons (Fsp3) is 0.167. The van der Waals surface area contributed by atoms with Crippen molar-refractivity contribution < 1.29 is 14.4 Å². The Labute approximate surface area is 92.2 Å². The summed E-state index contributed by atoms with van der Waals surface area (Å²) in [5, 5.41) is 3.73. The molecule has 0 aromatic heterocycles. The van der Waals surface area contributed by atoms with Crippen LogP contribution in [-0.2, 0) is 15.1 Å². The lowest BCUT2D eigenvalue weighted by Gasteiger charge is -2.33. The first-order chi connectivity index (χ1) is 7.78. The van der Waals surface area contributed by atoms with Crippen molar-refractivity contribution in [3.05, 3.63) is 35.4 Å².